The third-order valence-electron chi connectivity index (χ3n) is 3.48. The minimum Gasteiger partial charge on any atom is -0.437 e. The number of aromatic nitrogens is 2. The van der Waals surface area contributed by atoms with Gasteiger partial charge in [-0.2, -0.15) is 13.2 Å². The maximum Gasteiger partial charge on any atom is 0.416 e. The zero-order valence-electron chi connectivity index (χ0n) is 12.5. The Labute approximate surface area is 135 Å². The Bertz CT molecular complexity index is 745. The third-order valence-corrected chi connectivity index (χ3v) is 3.48. The molecule has 1 heterocycles. The molecule has 1 amide bonds. The monoisotopic (exact) mass is 337 g/mol. The molecule has 1 aromatic heterocycles. The van der Waals surface area contributed by atoms with Gasteiger partial charge in [0.1, 0.15) is 11.4 Å². The quantitative estimate of drug-likeness (QED) is 0.908. The predicted octanol–water partition coefficient (Wildman–Crippen LogP) is 3.43. The molecule has 126 valence electrons. The van der Waals surface area contributed by atoms with Crippen LogP contribution in [0, 0.1) is 5.92 Å². The van der Waals surface area contributed by atoms with E-state index in [1.54, 1.807) is 0 Å². The van der Waals surface area contributed by atoms with E-state index in [1.165, 1.54) is 24.5 Å². The predicted molar refractivity (Wildman–Crippen MR) is 78.6 cm³/mol. The van der Waals surface area contributed by atoms with Gasteiger partial charge in [-0.3, -0.25) is 9.78 Å². The Kier molecular flexibility index (Phi) is 4.37. The molecule has 1 saturated carbocycles. The first-order valence-electron chi connectivity index (χ1n) is 7.37. The van der Waals surface area contributed by atoms with Gasteiger partial charge in [-0.25, -0.2) is 4.98 Å². The van der Waals surface area contributed by atoms with Crippen molar-refractivity contribution in [3.05, 3.63) is 47.9 Å². The first kappa shape index (κ1) is 16.2. The summed E-state index contributed by atoms with van der Waals surface area (Å²) in [5.41, 5.74) is -0.772. The summed E-state index contributed by atoms with van der Waals surface area (Å²) in [6.45, 7) is 0.583. The second-order valence-electron chi connectivity index (χ2n) is 5.52. The van der Waals surface area contributed by atoms with Crippen molar-refractivity contribution in [3.8, 4) is 11.6 Å². The van der Waals surface area contributed by atoms with Crippen molar-refractivity contribution >= 4 is 5.91 Å². The Morgan fingerprint density at radius 1 is 1.29 bits per heavy atom. The van der Waals surface area contributed by atoms with Crippen LogP contribution in [0.5, 0.6) is 11.6 Å². The molecule has 5 nitrogen and oxygen atoms in total. The molecule has 0 radical (unpaired) electrons. The molecule has 0 saturated heterocycles. The molecule has 8 heteroatoms. The molecule has 3 rings (SSSR count). The molecule has 0 unspecified atom stereocenters. The lowest BCUT2D eigenvalue weighted by molar-refractivity contribution is -0.137. The number of benzene rings is 1. The Morgan fingerprint density at radius 2 is 2.08 bits per heavy atom. The number of hydrogen-bond acceptors (Lipinski definition) is 4. The zero-order chi connectivity index (χ0) is 17.2. The van der Waals surface area contributed by atoms with E-state index in [1.807, 2.05) is 0 Å². The van der Waals surface area contributed by atoms with Crippen LogP contribution in [0.2, 0.25) is 0 Å². The van der Waals surface area contributed by atoms with E-state index in [-0.39, 0.29) is 23.2 Å². The fraction of sp³-hybridized carbons (Fsp3) is 0.312. The lowest BCUT2D eigenvalue weighted by atomic mass is 10.2. The van der Waals surface area contributed by atoms with Gasteiger partial charge in [0.05, 0.1) is 18.0 Å². The highest BCUT2D eigenvalue weighted by Gasteiger charge is 2.30. The first-order valence-corrected chi connectivity index (χ1v) is 7.37. The van der Waals surface area contributed by atoms with Gasteiger partial charge in [0.25, 0.3) is 5.91 Å². The van der Waals surface area contributed by atoms with Crippen molar-refractivity contribution in [2.45, 2.75) is 19.0 Å². The molecule has 0 bridgehead atoms. The third kappa shape index (κ3) is 4.21. The van der Waals surface area contributed by atoms with Crippen LogP contribution in [-0.2, 0) is 6.18 Å². The summed E-state index contributed by atoms with van der Waals surface area (Å²) in [5.74, 6) is 0.0541. The van der Waals surface area contributed by atoms with E-state index in [2.05, 4.69) is 15.3 Å². The normalized spacial score (nSPS) is 14.3. The number of nitrogens with zero attached hydrogens (tertiary/aromatic N) is 2. The number of carbonyl (C=O) groups excluding carboxylic acids is 1. The summed E-state index contributed by atoms with van der Waals surface area (Å²) in [4.78, 5) is 19.8. The molecule has 24 heavy (non-hydrogen) atoms. The van der Waals surface area contributed by atoms with Gasteiger partial charge in [0, 0.05) is 6.54 Å². The number of alkyl halides is 3. The summed E-state index contributed by atoms with van der Waals surface area (Å²) in [5, 5.41) is 2.74. The van der Waals surface area contributed by atoms with E-state index in [0.29, 0.717) is 12.5 Å². The van der Waals surface area contributed by atoms with Gasteiger partial charge >= 0.3 is 6.18 Å². The first-order chi connectivity index (χ1) is 11.4. The van der Waals surface area contributed by atoms with E-state index < -0.39 is 11.7 Å². The standard InChI is InChI=1S/C16H14F3N3O2/c17-16(18,19)11-2-1-3-12(6-11)24-14-9-20-8-13(22-14)15(23)21-7-10-4-5-10/h1-3,6,8-10H,4-5,7H2,(H,21,23). The van der Waals surface area contributed by atoms with Crippen molar-refractivity contribution in [2.75, 3.05) is 6.54 Å². The number of carbonyl (C=O) groups is 1. The molecule has 0 atom stereocenters. The van der Waals surface area contributed by atoms with Crippen LogP contribution in [-0.4, -0.2) is 22.4 Å². The van der Waals surface area contributed by atoms with Crippen molar-refractivity contribution in [2.24, 2.45) is 5.92 Å². The van der Waals surface area contributed by atoms with E-state index >= 15 is 0 Å². The number of hydrogen-bond donors (Lipinski definition) is 1. The van der Waals surface area contributed by atoms with Crippen LogP contribution in [0.25, 0.3) is 0 Å². The smallest absolute Gasteiger partial charge is 0.416 e. The molecule has 1 aliphatic carbocycles. The van der Waals surface area contributed by atoms with Crippen LogP contribution in [0.15, 0.2) is 36.7 Å². The molecule has 2 aromatic rings. The Balaban J connectivity index is 1.71. The molecular weight excluding hydrogens is 323 g/mol. The molecule has 0 aliphatic heterocycles. The summed E-state index contributed by atoms with van der Waals surface area (Å²) < 4.78 is 43.4. The van der Waals surface area contributed by atoms with Gasteiger partial charge in [-0.05, 0) is 37.0 Å². The van der Waals surface area contributed by atoms with Crippen molar-refractivity contribution in [3.63, 3.8) is 0 Å². The highest BCUT2D eigenvalue weighted by Crippen LogP contribution is 2.32. The van der Waals surface area contributed by atoms with Crippen molar-refractivity contribution in [1.29, 1.82) is 0 Å². The zero-order valence-corrected chi connectivity index (χ0v) is 12.5. The molecule has 0 spiro atoms. The maximum atomic E-state index is 12.7. The van der Waals surface area contributed by atoms with Crippen LogP contribution < -0.4 is 10.1 Å². The second kappa shape index (κ2) is 6.46. The van der Waals surface area contributed by atoms with Gasteiger partial charge in [0.2, 0.25) is 5.88 Å². The SMILES string of the molecule is O=C(NCC1CC1)c1cncc(Oc2cccc(C(F)(F)F)c2)n1. The molecule has 1 N–H and O–H groups in total. The summed E-state index contributed by atoms with van der Waals surface area (Å²) >= 11 is 0. The fourth-order valence-electron chi connectivity index (χ4n) is 2.01. The average Bonchev–Trinajstić information content (AvgIpc) is 3.37. The van der Waals surface area contributed by atoms with E-state index in [9.17, 15) is 18.0 Å². The van der Waals surface area contributed by atoms with Crippen LogP contribution in [0.4, 0.5) is 13.2 Å². The molecule has 1 aromatic carbocycles. The highest BCUT2D eigenvalue weighted by molar-refractivity contribution is 5.92. The summed E-state index contributed by atoms with van der Waals surface area (Å²) in [7, 11) is 0. The Hall–Kier alpha value is -2.64. The number of nitrogens with one attached hydrogen (secondary N) is 1. The van der Waals surface area contributed by atoms with E-state index in [4.69, 9.17) is 4.74 Å². The summed E-state index contributed by atoms with van der Waals surface area (Å²) in [6, 6.07) is 4.41. The van der Waals surface area contributed by atoms with Gasteiger partial charge < -0.3 is 10.1 Å². The average molecular weight is 337 g/mol. The largest absolute Gasteiger partial charge is 0.437 e. The van der Waals surface area contributed by atoms with Crippen LogP contribution >= 0.6 is 0 Å². The maximum absolute atomic E-state index is 12.7. The Morgan fingerprint density at radius 3 is 2.79 bits per heavy atom. The van der Waals surface area contributed by atoms with Crippen molar-refractivity contribution < 1.29 is 22.7 Å². The molecule has 1 fully saturated rings. The van der Waals surface area contributed by atoms with Crippen molar-refractivity contribution in [1.82, 2.24) is 15.3 Å². The van der Waals surface area contributed by atoms with Crippen LogP contribution in [0.1, 0.15) is 28.9 Å². The minimum absolute atomic E-state index is 0.0327. The highest BCUT2D eigenvalue weighted by atomic mass is 19.4. The fourth-order valence-corrected chi connectivity index (χ4v) is 2.01. The number of halogens is 3. The number of ether oxygens (including phenoxy) is 1. The number of rotatable bonds is 5. The van der Waals surface area contributed by atoms with E-state index in [0.717, 1.165) is 25.0 Å². The number of amides is 1. The topological polar surface area (TPSA) is 64.1 Å². The lowest BCUT2D eigenvalue weighted by Crippen LogP contribution is -2.26. The second-order valence-corrected chi connectivity index (χ2v) is 5.52. The molecular formula is C16H14F3N3O2. The summed E-state index contributed by atoms with van der Waals surface area (Å²) in [6.07, 6.45) is 0.254. The minimum atomic E-state index is -4.46. The lowest BCUT2D eigenvalue weighted by Gasteiger charge is -2.10. The van der Waals surface area contributed by atoms with Gasteiger partial charge in [0.15, 0.2) is 0 Å². The van der Waals surface area contributed by atoms with Gasteiger partial charge in [-0.1, -0.05) is 6.07 Å². The van der Waals surface area contributed by atoms with Gasteiger partial charge in [-0.15, -0.1) is 0 Å². The van der Waals surface area contributed by atoms with Crippen LogP contribution in [0.3, 0.4) is 0 Å². The molecule has 1 aliphatic rings.